The van der Waals surface area contributed by atoms with E-state index in [2.05, 4.69) is 13.8 Å². The second-order valence-corrected chi connectivity index (χ2v) is 5.60. The molecule has 1 aromatic rings. The Morgan fingerprint density at radius 3 is 2.40 bits per heavy atom. The molecule has 2 rings (SSSR count). The van der Waals surface area contributed by atoms with Gasteiger partial charge in [0.05, 0.1) is 10.9 Å². The summed E-state index contributed by atoms with van der Waals surface area (Å²) in [6.45, 7) is 5.72. The van der Waals surface area contributed by atoms with Crippen molar-refractivity contribution in [2.24, 2.45) is 11.8 Å². The maximum Gasteiger partial charge on any atom is 0.293 e. The monoisotopic (exact) mass is 277 g/mol. The van der Waals surface area contributed by atoms with Crippen LogP contribution < -0.4 is 10.0 Å². The van der Waals surface area contributed by atoms with Gasteiger partial charge in [0.15, 0.2) is 0 Å². The fourth-order valence-corrected chi connectivity index (χ4v) is 2.92. The number of piperidine rings is 1. The first-order chi connectivity index (χ1) is 9.38. The molecule has 1 aliphatic rings. The first-order valence-corrected chi connectivity index (χ1v) is 6.63. The number of carboxylic acid groups (broad SMARTS) is 1. The van der Waals surface area contributed by atoms with Crippen LogP contribution in [-0.2, 0) is 0 Å². The molecule has 108 valence electrons. The molecule has 0 N–H and O–H groups in total. The maximum atomic E-state index is 11.2. The number of benzene rings is 1. The fourth-order valence-electron chi connectivity index (χ4n) is 2.92. The number of carbonyl (C=O) groups is 1. The van der Waals surface area contributed by atoms with Crippen LogP contribution in [0.3, 0.4) is 0 Å². The van der Waals surface area contributed by atoms with Crippen LogP contribution in [0.25, 0.3) is 0 Å². The Balaban J connectivity index is 2.40. The van der Waals surface area contributed by atoms with E-state index in [1.807, 2.05) is 4.90 Å². The molecule has 0 bridgehead atoms. The minimum absolute atomic E-state index is 0.168. The van der Waals surface area contributed by atoms with Crippen molar-refractivity contribution in [3.05, 3.63) is 33.9 Å². The molecule has 1 aromatic carbocycles. The topological polar surface area (TPSA) is 86.5 Å². The Bertz CT molecular complexity index is 534. The Hall–Kier alpha value is -2.11. The van der Waals surface area contributed by atoms with Crippen LogP contribution in [0.2, 0.25) is 0 Å². The maximum absolute atomic E-state index is 11.2. The number of rotatable bonds is 3. The van der Waals surface area contributed by atoms with Crippen LogP contribution in [-0.4, -0.2) is 24.0 Å². The van der Waals surface area contributed by atoms with Crippen LogP contribution in [0.15, 0.2) is 18.2 Å². The molecule has 1 saturated heterocycles. The zero-order valence-electron chi connectivity index (χ0n) is 11.5. The predicted octanol–water partition coefficient (Wildman–Crippen LogP) is 1.44. The van der Waals surface area contributed by atoms with E-state index >= 15 is 0 Å². The number of carbonyl (C=O) groups excluding carboxylic acids is 1. The third-order valence-corrected chi connectivity index (χ3v) is 3.62. The van der Waals surface area contributed by atoms with Gasteiger partial charge in [-0.1, -0.05) is 19.9 Å². The van der Waals surface area contributed by atoms with Crippen molar-refractivity contribution < 1.29 is 14.8 Å². The van der Waals surface area contributed by atoms with E-state index in [1.165, 1.54) is 12.1 Å². The molecular formula is C14H17N2O4-. The third-order valence-electron chi connectivity index (χ3n) is 3.62. The van der Waals surface area contributed by atoms with E-state index in [0.29, 0.717) is 17.5 Å². The van der Waals surface area contributed by atoms with Gasteiger partial charge in [-0.05, 0) is 24.3 Å². The van der Waals surface area contributed by atoms with Crippen LogP contribution in [0.4, 0.5) is 11.4 Å². The van der Waals surface area contributed by atoms with Crippen molar-refractivity contribution >= 4 is 17.3 Å². The molecule has 0 amide bonds. The van der Waals surface area contributed by atoms with E-state index in [4.69, 9.17) is 0 Å². The highest BCUT2D eigenvalue weighted by Crippen LogP contribution is 2.33. The van der Waals surface area contributed by atoms with Crippen molar-refractivity contribution in [2.45, 2.75) is 20.3 Å². The number of hydrogen-bond donors (Lipinski definition) is 0. The molecule has 0 unspecified atom stereocenters. The van der Waals surface area contributed by atoms with Crippen molar-refractivity contribution in [1.82, 2.24) is 0 Å². The standard InChI is InChI=1S/C14H18N2O4/c1-9-5-10(2)8-15(7-9)12-4-3-11(14(17)18)6-13(12)16(19)20/h3-4,6,9-10H,5,7-8H2,1-2H3,(H,17,18)/p-1/t9-,10-/m1/s1. The molecule has 0 spiro atoms. The average Bonchev–Trinajstić information content (AvgIpc) is 2.36. The van der Waals surface area contributed by atoms with Gasteiger partial charge < -0.3 is 14.8 Å². The van der Waals surface area contributed by atoms with Crippen molar-refractivity contribution in [3.63, 3.8) is 0 Å². The molecule has 2 atom stereocenters. The lowest BCUT2D eigenvalue weighted by Crippen LogP contribution is -2.39. The quantitative estimate of drug-likeness (QED) is 0.616. The summed E-state index contributed by atoms with van der Waals surface area (Å²) in [6.07, 6.45) is 1.10. The van der Waals surface area contributed by atoms with Gasteiger partial charge in [-0.25, -0.2) is 0 Å². The zero-order valence-corrected chi connectivity index (χ0v) is 11.5. The number of nitrogens with zero attached hydrogens (tertiary/aromatic N) is 2. The van der Waals surface area contributed by atoms with E-state index in [1.54, 1.807) is 0 Å². The molecular weight excluding hydrogens is 260 g/mol. The van der Waals surface area contributed by atoms with E-state index in [0.717, 1.165) is 25.6 Å². The van der Waals surface area contributed by atoms with Gasteiger partial charge in [-0.2, -0.15) is 0 Å². The SMILES string of the molecule is C[C@@H]1C[C@@H](C)CN(c2ccc(C(=O)[O-])cc2[N+](=O)[O-])C1. The van der Waals surface area contributed by atoms with Crippen LogP contribution >= 0.6 is 0 Å². The van der Waals surface area contributed by atoms with Gasteiger partial charge in [0, 0.05) is 24.7 Å². The van der Waals surface area contributed by atoms with Crippen LogP contribution in [0.1, 0.15) is 30.6 Å². The van der Waals surface area contributed by atoms with Crippen molar-refractivity contribution in [1.29, 1.82) is 0 Å². The van der Waals surface area contributed by atoms with Gasteiger partial charge >= 0.3 is 0 Å². The predicted molar refractivity (Wildman–Crippen MR) is 72.6 cm³/mol. The number of nitro benzene ring substituents is 1. The summed E-state index contributed by atoms with van der Waals surface area (Å²) >= 11 is 0. The molecule has 1 fully saturated rings. The minimum atomic E-state index is -1.40. The smallest absolute Gasteiger partial charge is 0.293 e. The second kappa shape index (κ2) is 5.48. The minimum Gasteiger partial charge on any atom is -0.545 e. The molecule has 0 radical (unpaired) electrons. The molecule has 1 heterocycles. The summed E-state index contributed by atoms with van der Waals surface area (Å²) < 4.78 is 0. The molecule has 0 saturated carbocycles. The molecule has 6 heteroatoms. The molecule has 6 nitrogen and oxygen atoms in total. The van der Waals surface area contributed by atoms with Crippen LogP contribution in [0, 0.1) is 22.0 Å². The number of nitro groups is 1. The van der Waals surface area contributed by atoms with Gasteiger partial charge in [-0.3, -0.25) is 10.1 Å². The summed E-state index contributed by atoms with van der Waals surface area (Å²) in [7, 11) is 0. The molecule has 1 aliphatic heterocycles. The fraction of sp³-hybridized carbons (Fsp3) is 0.500. The van der Waals surface area contributed by atoms with Crippen molar-refractivity contribution in [3.8, 4) is 0 Å². The molecule has 0 aliphatic carbocycles. The Labute approximate surface area is 117 Å². The van der Waals surface area contributed by atoms with Crippen molar-refractivity contribution in [2.75, 3.05) is 18.0 Å². The van der Waals surface area contributed by atoms with Gasteiger partial charge in [0.1, 0.15) is 5.69 Å². The van der Waals surface area contributed by atoms with Gasteiger partial charge in [-0.15, -0.1) is 0 Å². The Morgan fingerprint density at radius 2 is 1.90 bits per heavy atom. The summed E-state index contributed by atoms with van der Waals surface area (Å²) in [6, 6.07) is 3.95. The molecule has 0 aromatic heterocycles. The highest BCUT2D eigenvalue weighted by atomic mass is 16.6. The number of hydrogen-bond acceptors (Lipinski definition) is 5. The first kappa shape index (κ1) is 14.3. The highest BCUT2D eigenvalue weighted by molar-refractivity contribution is 5.88. The number of anilines is 1. The van der Waals surface area contributed by atoms with Crippen LogP contribution in [0.5, 0.6) is 0 Å². The third kappa shape index (κ3) is 2.89. The Morgan fingerprint density at radius 1 is 1.30 bits per heavy atom. The van der Waals surface area contributed by atoms with Gasteiger partial charge in [0.25, 0.3) is 5.69 Å². The van der Waals surface area contributed by atoms with E-state index in [9.17, 15) is 20.0 Å². The average molecular weight is 277 g/mol. The summed E-state index contributed by atoms with van der Waals surface area (Å²) in [5.74, 6) is -0.488. The summed E-state index contributed by atoms with van der Waals surface area (Å²) in [5.41, 5.74) is 0.143. The largest absolute Gasteiger partial charge is 0.545 e. The normalized spacial score (nSPS) is 22.6. The lowest BCUT2D eigenvalue weighted by Gasteiger charge is -2.36. The second-order valence-electron chi connectivity index (χ2n) is 5.60. The summed E-state index contributed by atoms with van der Waals surface area (Å²) in [4.78, 5) is 23.4. The zero-order chi connectivity index (χ0) is 14.9. The van der Waals surface area contributed by atoms with E-state index in [-0.39, 0.29) is 11.3 Å². The first-order valence-electron chi connectivity index (χ1n) is 6.63. The lowest BCUT2D eigenvalue weighted by molar-refractivity contribution is -0.384. The van der Waals surface area contributed by atoms with E-state index < -0.39 is 10.9 Å². The lowest BCUT2D eigenvalue weighted by atomic mass is 9.91. The van der Waals surface area contributed by atoms with Gasteiger partial charge in [0.2, 0.25) is 0 Å². The highest BCUT2D eigenvalue weighted by Gasteiger charge is 2.27. The molecule has 20 heavy (non-hydrogen) atoms. The summed E-state index contributed by atoms with van der Waals surface area (Å²) in [5, 5.41) is 22.0. The Kier molecular flexibility index (Phi) is 3.92. The number of carboxylic acids is 1. The number of aromatic carboxylic acids is 1.